The topological polar surface area (TPSA) is 78.9 Å². The molecule has 0 amide bonds. The van der Waals surface area contributed by atoms with Crippen molar-refractivity contribution in [2.24, 2.45) is 41.4 Å². The van der Waals surface area contributed by atoms with Gasteiger partial charge in [-0.25, -0.2) is 0 Å². The average molecular weight is 499 g/mol. The van der Waals surface area contributed by atoms with Gasteiger partial charge in [-0.15, -0.1) is 0 Å². The minimum atomic E-state index is -0.429. The van der Waals surface area contributed by atoms with Gasteiger partial charge in [0.1, 0.15) is 6.10 Å². The zero-order valence-corrected chi connectivity index (χ0v) is 22.2. The Balaban J connectivity index is 1.64. The number of esters is 2. The monoisotopic (exact) mass is 498 g/mol. The van der Waals surface area contributed by atoms with Gasteiger partial charge in [0, 0.05) is 24.9 Å². The second-order valence-electron chi connectivity index (χ2n) is 11.1. The smallest absolute Gasteiger partial charge is 0.306 e. The van der Waals surface area contributed by atoms with Gasteiger partial charge >= 0.3 is 11.9 Å². The third-order valence-corrected chi connectivity index (χ3v) is 9.13. The Labute approximate surface area is 215 Å². The molecule has 0 radical (unpaired) electrons. The first-order valence-corrected chi connectivity index (χ1v) is 13.7. The second-order valence-corrected chi connectivity index (χ2v) is 11.1. The molecule has 6 heteroatoms. The number of carbonyl (C=O) groups excluding carboxylic acids is 3. The molecule has 198 valence electrons. The number of hydrogen-bond donors (Lipinski definition) is 0. The van der Waals surface area contributed by atoms with Crippen LogP contribution in [-0.4, -0.2) is 44.1 Å². The van der Waals surface area contributed by atoms with E-state index < -0.39 is 6.10 Å². The highest BCUT2D eigenvalue weighted by Crippen LogP contribution is 2.53. The summed E-state index contributed by atoms with van der Waals surface area (Å²) in [6.07, 6.45) is 16.0. The van der Waals surface area contributed by atoms with Crippen LogP contribution < -0.4 is 0 Å². The summed E-state index contributed by atoms with van der Waals surface area (Å²) in [6.45, 7) is 3.86. The Hall–Kier alpha value is -2.21. The van der Waals surface area contributed by atoms with Crippen LogP contribution in [0.25, 0.3) is 0 Å². The van der Waals surface area contributed by atoms with Gasteiger partial charge in [-0.1, -0.05) is 43.7 Å². The fourth-order valence-electron chi connectivity index (χ4n) is 7.23. The molecule has 1 saturated carbocycles. The number of rotatable bonds is 5. The molecule has 0 N–H and O–H groups in total. The zero-order chi connectivity index (χ0) is 25.8. The lowest BCUT2D eigenvalue weighted by atomic mass is 9.70. The highest BCUT2D eigenvalue weighted by Gasteiger charge is 2.48. The van der Waals surface area contributed by atoms with Crippen molar-refractivity contribution in [3.8, 4) is 0 Å². The van der Waals surface area contributed by atoms with Gasteiger partial charge in [-0.05, 0) is 68.3 Å². The molecule has 0 spiro atoms. The van der Waals surface area contributed by atoms with E-state index in [-0.39, 0.29) is 60.3 Å². The summed E-state index contributed by atoms with van der Waals surface area (Å²) in [5, 5.41) is 0. The summed E-state index contributed by atoms with van der Waals surface area (Å²) in [6, 6.07) is 0. The van der Waals surface area contributed by atoms with E-state index in [1.807, 2.05) is 26.0 Å². The SMILES string of the molecule is C/C=C/C(CC(=O)OC)[C@H]1CCC[C@H](OC)[C@@H](C)C(=O)C2=CC3C(C=CC4CCCC43)C2CC(=O)O1. The number of methoxy groups -OCH3 is 2. The van der Waals surface area contributed by atoms with Gasteiger partial charge in [0.2, 0.25) is 0 Å². The minimum absolute atomic E-state index is 0.117. The predicted octanol–water partition coefficient (Wildman–Crippen LogP) is 5.22. The van der Waals surface area contributed by atoms with E-state index in [1.165, 1.54) is 26.4 Å². The van der Waals surface area contributed by atoms with Gasteiger partial charge in [-0.2, -0.15) is 0 Å². The number of hydrogen-bond acceptors (Lipinski definition) is 6. The molecule has 0 aromatic heterocycles. The Morgan fingerprint density at radius 2 is 1.89 bits per heavy atom. The summed E-state index contributed by atoms with van der Waals surface area (Å²) in [7, 11) is 3.05. The van der Waals surface area contributed by atoms with Gasteiger partial charge in [-0.3, -0.25) is 14.4 Å². The molecule has 1 aliphatic heterocycles. The number of Topliss-reactive ketones (excluding diaryl/α,β-unsaturated/α-hetero) is 1. The van der Waals surface area contributed by atoms with Crippen LogP contribution in [0.3, 0.4) is 0 Å². The summed E-state index contributed by atoms with van der Waals surface area (Å²) < 4.78 is 16.8. The molecule has 6 nitrogen and oxygen atoms in total. The first kappa shape index (κ1) is 26.8. The molecule has 6 unspecified atom stereocenters. The van der Waals surface area contributed by atoms with Crippen LogP contribution >= 0.6 is 0 Å². The first-order valence-electron chi connectivity index (χ1n) is 13.7. The van der Waals surface area contributed by atoms with E-state index in [4.69, 9.17) is 14.2 Å². The molecular weight excluding hydrogens is 456 g/mol. The van der Waals surface area contributed by atoms with Crippen molar-refractivity contribution in [1.29, 1.82) is 0 Å². The van der Waals surface area contributed by atoms with Crippen molar-refractivity contribution in [3.05, 3.63) is 36.0 Å². The van der Waals surface area contributed by atoms with Gasteiger partial charge < -0.3 is 14.2 Å². The maximum atomic E-state index is 13.8. The van der Waals surface area contributed by atoms with Crippen molar-refractivity contribution in [2.75, 3.05) is 14.2 Å². The van der Waals surface area contributed by atoms with Crippen molar-refractivity contribution in [2.45, 2.75) is 77.4 Å². The van der Waals surface area contributed by atoms with Crippen LogP contribution in [0.1, 0.15) is 65.2 Å². The molecule has 1 saturated heterocycles. The number of fused-ring (bicyclic) bond motifs is 5. The van der Waals surface area contributed by atoms with E-state index in [0.717, 1.165) is 12.0 Å². The quantitative estimate of drug-likeness (QED) is 0.382. The zero-order valence-electron chi connectivity index (χ0n) is 22.2. The molecule has 9 atom stereocenters. The van der Waals surface area contributed by atoms with E-state index in [2.05, 4.69) is 18.2 Å². The van der Waals surface area contributed by atoms with Crippen LogP contribution in [0.2, 0.25) is 0 Å². The highest BCUT2D eigenvalue weighted by atomic mass is 16.5. The maximum absolute atomic E-state index is 13.8. The molecule has 3 aliphatic carbocycles. The molecule has 4 rings (SSSR count). The maximum Gasteiger partial charge on any atom is 0.306 e. The van der Waals surface area contributed by atoms with E-state index in [9.17, 15) is 14.4 Å². The molecule has 0 aromatic rings. The van der Waals surface area contributed by atoms with E-state index in [0.29, 0.717) is 30.6 Å². The van der Waals surface area contributed by atoms with Crippen LogP contribution in [0.4, 0.5) is 0 Å². The van der Waals surface area contributed by atoms with Crippen molar-refractivity contribution in [3.63, 3.8) is 0 Å². The lowest BCUT2D eigenvalue weighted by Crippen LogP contribution is -2.35. The van der Waals surface area contributed by atoms with Gasteiger partial charge in [0.15, 0.2) is 5.78 Å². The summed E-state index contributed by atoms with van der Waals surface area (Å²) in [5.41, 5.74) is 0.797. The lowest BCUT2D eigenvalue weighted by molar-refractivity contribution is -0.155. The number of allylic oxidation sites excluding steroid dienone is 5. The third-order valence-electron chi connectivity index (χ3n) is 9.13. The standard InChI is InChI=1S/C30H42O6/c1-5-8-20(15-28(31)35-4)27-12-7-11-26(34-3)18(2)30(33)25-16-23-21-10-6-9-19(21)13-14-22(23)24(25)17-29(32)36-27/h5,8,13-14,16,18-24,26-27H,6-7,9-12,15,17H2,1-4H3/b8-5+/t18-,19?,20?,21?,22?,23?,24?,26+,27-/m1/s1. The molecule has 1 heterocycles. The predicted molar refractivity (Wildman–Crippen MR) is 137 cm³/mol. The fraction of sp³-hybridized carbons (Fsp3) is 0.700. The van der Waals surface area contributed by atoms with E-state index in [1.54, 1.807) is 7.11 Å². The number of cyclic esters (lactones) is 1. The van der Waals surface area contributed by atoms with Gasteiger partial charge in [0.25, 0.3) is 0 Å². The van der Waals surface area contributed by atoms with Crippen LogP contribution in [0.15, 0.2) is 36.0 Å². The van der Waals surface area contributed by atoms with Crippen LogP contribution in [0.5, 0.6) is 0 Å². The highest BCUT2D eigenvalue weighted by molar-refractivity contribution is 5.99. The van der Waals surface area contributed by atoms with E-state index >= 15 is 0 Å². The first-order chi connectivity index (χ1) is 17.4. The fourth-order valence-corrected chi connectivity index (χ4v) is 7.23. The Bertz CT molecular complexity index is 916. The van der Waals surface area contributed by atoms with Crippen molar-refractivity contribution < 1.29 is 28.6 Å². The summed E-state index contributed by atoms with van der Waals surface area (Å²) in [5.74, 6) is 0.409. The minimum Gasteiger partial charge on any atom is -0.469 e. The Morgan fingerprint density at radius 3 is 2.61 bits per heavy atom. The molecule has 36 heavy (non-hydrogen) atoms. The van der Waals surface area contributed by atoms with Crippen molar-refractivity contribution >= 4 is 17.7 Å². The number of ether oxygens (including phenoxy) is 3. The average Bonchev–Trinajstić information content (AvgIpc) is 3.49. The second kappa shape index (κ2) is 11.9. The third kappa shape index (κ3) is 5.53. The molecule has 2 fully saturated rings. The lowest BCUT2D eigenvalue weighted by Gasteiger charge is -2.34. The largest absolute Gasteiger partial charge is 0.469 e. The summed E-state index contributed by atoms with van der Waals surface area (Å²) >= 11 is 0. The number of ketones is 1. The van der Waals surface area contributed by atoms with Crippen LogP contribution in [0, 0.1) is 41.4 Å². The number of carbonyl (C=O) groups is 3. The Kier molecular flexibility index (Phi) is 8.87. The van der Waals surface area contributed by atoms with Gasteiger partial charge in [0.05, 0.1) is 26.1 Å². The normalized spacial score (nSPS) is 37.7. The van der Waals surface area contributed by atoms with Crippen molar-refractivity contribution in [1.82, 2.24) is 0 Å². The summed E-state index contributed by atoms with van der Waals surface area (Å²) in [4.78, 5) is 39.3. The van der Waals surface area contributed by atoms with Crippen LogP contribution in [-0.2, 0) is 28.6 Å². The molecule has 0 bridgehead atoms. The molecule has 4 aliphatic rings. The Morgan fingerprint density at radius 1 is 1.11 bits per heavy atom. The molecule has 0 aromatic carbocycles. The molecular formula is C30H42O6.